The Bertz CT molecular complexity index is 1050. The Balaban J connectivity index is 1.48. The number of hydrogen-bond acceptors (Lipinski definition) is 2. The predicted octanol–water partition coefficient (Wildman–Crippen LogP) is 4.21. The van der Waals surface area contributed by atoms with Crippen LogP contribution < -0.4 is 4.90 Å². The quantitative estimate of drug-likeness (QED) is 0.656. The van der Waals surface area contributed by atoms with Crippen molar-refractivity contribution in [1.82, 2.24) is 4.57 Å². The molecule has 0 radical (unpaired) electrons. The molecule has 136 valence electrons. The van der Waals surface area contributed by atoms with Crippen LogP contribution in [0, 0.1) is 5.92 Å². The van der Waals surface area contributed by atoms with E-state index >= 15 is 0 Å². The summed E-state index contributed by atoms with van der Waals surface area (Å²) in [5.41, 5.74) is 3.98. The third kappa shape index (κ3) is 2.85. The van der Waals surface area contributed by atoms with Crippen LogP contribution in [0.5, 0.6) is 0 Å². The summed E-state index contributed by atoms with van der Waals surface area (Å²) in [6, 6.07) is 16.1. The summed E-state index contributed by atoms with van der Waals surface area (Å²) in [7, 11) is 0. The van der Waals surface area contributed by atoms with Gasteiger partial charge in [-0.05, 0) is 43.4 Å². The van der Waals surface area contributed by atoms with Crippen molar-refractivity contribution in [3.63, 3.8) is 0 Å². The molecule has 4 nitrogen and oxygen atoms in total. The Labute approximate surface area is 158 Å². The maximum Gasteiger partial charge on any atom is 0.246 e. The number of benzene rings is 2. The lowest BCUT2D eigenvalue weighted by Crippen LogP contribution is -2.37. The van der Waals surface area contributed by atoms with Crippen LogP contribution in [0.1, 0.15) is 35.2 Å². The van der Waals surface area contributed by atoms with E-state index in [0.29, 0.717) is 0 Å². The molecule has 0 saturated heterocycles. The van der Waals surface area contributed by atoms with Gasteiger partial charge in [0.2, 0.25) is 5.91 Å². The molecule has 0 spiro atoms. The minimum absolute atomic E-state index is 0.0772. The van der Waals surface area contributed by atoms with Gasteiger partial charge < -0.3 is 9.47 Å². The number of aryl methyl sites for hydroxylation is 1. The van der Waals surface area contributed by atoms with Gasteiger partial charge in [0.15, 0.2) is 5.78 Å². The fourth-order valence-corrected chi connectivity index (χ4v) is 4.16. The summed E-state index contributed by atoms with van der Waals surface area (Å²) in [5, 5.41) is 0.959. The first kappa shape index (κ1) is 16.3. The first-order chi connectivity index (χ1) is 13.2. The Kier molecular flexibility index (Phi) is 3.85. The molecule has 4 heteroatoms. The summed E-state index contributed by atoms with van der Waals surface area (Å²) in [6.45, 7) is 1.01. The largest absolute Gasteiger partial charge is 0.337 e. The lowest BCUT2D eigenvalue weighted by molar-refractivity contribution is -0.119. The minimum atomic E-state index is 0.0772. The SMILES string of the molecule is O=C(c1cn(CC(=O)N2CCCc3ccccc32)c2ccccc12)C1CC1. The van der Waals surface area contributed by atoms with Crippen molar-refractivity contribution in [3.05, 3.63) is 65.9 Å². The predicted molar refractivity (Wildman–Crippen MR) is 106 cm³/mol. The molecule has 2 heterocycles. The lowest BCUT2D eigenvalue weighted by atomic mass is 10.0. The van der Waals surface area contributed by atoms with Crippen LogP contribution in [0.4, 0.5) is 5.69 Å². The monoisotopic (exact) mass is 358 g/mol. The Hall–Kier alpha value is -2.88. The van der Waals surface area contributed by atoms with E-state index in [9.17, 15) is 9.59 Å². The fourth-order valence-electron chi connectivity index (χ4n) is 4.16. The minimum Gasteiger partial charge on any atom is -0.337 e. The topological polar surface area (TPSA) is 42.3 Å². The molecule has 1 amide bonds. The summed E-state index contributed by atoms with van der Waals surface area (Å²) in [5.74, 6) is 0.475. The Morgan fingerprint density at radius 3 is 2.63 bits per heavy atom. The van der Waals surface area contributed by atoms with Gasteiger partial charge in [0.25, 0.3) is 0 Å². The average molecular weight is 358 g/mol. The van der Waals surface area contributed by atoms with E-state index in [2.05, 4.69) is 6.07 Å². The first-order valence-corrected chi connectivity index (χ1v) is 9.73. The molecule has 1 aliphatic carbocycles. The van der Waals surface area contributed by atoms with E-state index in [1.54, 1.807) is 0 Å². The number of nitrogens with zero attached hydrogens (tertiary/aromatic N) is 2. The number of aromatic nitrogens is 1. The summed E-state index contributed by atoms with van der Waals surface area (Å²) in [6.07, 6.45) is 5.87. The highest BCUT2D eigenvalue weighted by atomic mass is 16.2. The smallest absolute Gasteiger partial charge is 0.246 e. The van der Waals surface area contributed by atoms with Crippen molar-refractivity contribution >= 4 is 28.3 Å². The van der Waals surface area contributed by atoms with E-state index in [1.165, 1.54) is 5.56 Å². The number of ketones is 1. The van der Waals surface area contributed by atoms with Crippen LogP contribution >= 0.6 is 0 Å². The highest BCUT2D eigenvalue weighted by Crippen LogP contribution is 2.35. The van der Waals surface area contributed by atoms with E-state index in [-0.39, 0.29) is 24.2 Å². The molecule has 5 rings (SSSR count). The van der Waals surface area contributed by atoms with E-state index in [0.717, 1.165) is 54.4 Å². The van der Waals surface area contributed by atoms with E-state index < -0.39 is 0 Å². The number of para-hydroxylation sites is 2. The zero-order valence-electron chi connectivity index (χ0n) is 15.2. The summed E-state index contributed by atoms with van der Waals surface area (Å²) < 4.78 is 1.95. The number of Topliss-reactive ketones (excluding diaryl/α,β-unsaturated/α-hetero) is 1. The molecular formula is C23H22N2O2. The number of rotatable bonds is 4. The molecule has 27 heavy (non-hydrogen) atoms. The Morgan fingerprint density at radius 2 is 1.78 bits per heavy atom. The molecule has 0 N–H and O–H groups in total. The van der Waals surface area contributed by atoms with Crippen molar-refractivity contribution in [1.29, 1.82) is 0 Å². The van der Waals surface area contributed by atoms with Gasteiger partial charge in [-0.1, -0.05) is 36.4 Å². The average Bonchev–Trinajstić information content (AvgIpc) is 3.50. The normalized spacial score (nSPS) is 16.4. The summed E-state index contributed by atoms with van der Waals surface area (Å²) in [4.78, 5) is 27.7. The van der Waals surface area contributed by atoms with Crippen molar-refractivity contribution in [2.24, 2.45) is 5.92 Å². The fraction of sp³-hybridized carbons (Fsp3) is 0.304. The van der Waals surface area contributed by atoms with Gasteiger partial charge in [-0.3, -0.25) is 9.59 Å². The standard InChI is InChI=1S/C23H22N2O2/c26-22(25-13-5-7-16-6-1-3-9-20(16)25)15-24-14-19(23(27)17-11-12-17)18-8-2-4-10-21(18)24/h1-4,6,8-10,14,17H,5,7,11-13,15H2. The number of fused-ring (bicyclic) bond motifs is 2. The second-order valence-electron chi connectivity index (χ2n) is 7.60. The van der Waals surface area contributed by atoms with Crippen LogP contribution in [0.15, 0.2) is 54.7 Å². The van der Waals surface area contributed by atoms with Gasteiger partial charge in [-0.25, -0.2) is 0 Å². The molecule has 1 aliphatic heterocycles. The lowest BCUT2D eigenvalue weighted by Gasteiger charge is -2.29. The molecule has 1 fully saturated rings. The number of carbonyl (C=O) groups is 2. The second-order valence-corrected chi connectivity index (χ2v) is 7.60. The molecule has 2 aromatic carbocycles. The van der Waals surface area contributed by atoms with Crippen LogP contribution in [-0.2, 0) is 17.8 Å². The molecule has 2 aliphatic rings. The molecular weight excluding hydrogens is 336 g/mol. The number of hydrogen-bond donors (Lipinski definition) is 0. The zero-order chi connectivity index (χ0) is 18.4. The number of amides is 1. The number of carbonyl (C=O) groups excluding carboxylic acids is 2. The van der Waals surface area contributed by atoms with Crippen LogP contribution in [0.3, 0.4) is 0 Å². The molecule has 0 bridgehead atoms. The van der Waals surface area contributed by atoms with Gasteiger partial charge in [0.1, 0.15) is 6.54 Å². The van der Waals surface area contributed by atoms with Gasteiger partial charge in [0.05, 0.1) is 0 Å². The van der Waals surface area contributed by atoms with Gasteiger partial charge in [-0.15, -0.1) is 0 Å². The Morgan fingerprint density at radius 1 is 1.00 bits per heavy atom. The van der Waals surface area contributed by atoms with Gasteiger partial charge >= 0.3 is 0 Å². The van der Waals surface area contributed by atoms with Crippen LogP contribution in [0.25, 0.3) is 10.9 Å². The molecule has 1 aromatic heterocycles. The van der Waals surface area contributed by atoms with Gasteiger partial charge in [-0.2, -0.15) is 0 Å². The second kappa shape index (κ2) is 6.38. The molecule has 3 aromatic rings. The van der Waals surface area contributed by atoms with Crippen molar-refractivity contribution in [2.75, 3.05) is 11.4 Å². The van der Waals surface area contributed by atoms with Crippen LogP contribution in [0.2, 0.25) is 0 Å². The number of anilines is 1. The maximum atomic E-state index is 13.1. The van der Waals surface area contributed by atoms with Gasteiger partial charge in [0, 0.05) is 40.8 Å². The maximum absolute atomic E-state index is 13.1. The van der Waals surface area contributed by atoms with E-state index in [1.807, 2.05) is 58.1 Å². The first-order valence-electron chi connectivity index (χ1n) is 9.73. The molecule has 1 saturated carbocycles. The summed E-state index contributed by atoms with van der Waals surface area (Å²) >= 11 is 0. The van der Waals surface area contributed by atoms with Crippen molar-refractivity contribution in [3.8, 4) is 0 Å². The molecule has 0 unspecified atom stereocenters. The van der Waals surface area contributed by atoms with Crippen molar-refractivity contribution in [2.45, 2.75) is 32.2 Å². The molecule has 0 atom stereocenters. The van der Waals surface area contributed by atoms with Crippen molar-refractivity contribution < 1.29 is 9.59 Å². The highest BCUT2D eigenvalue weighted by molar-refractivity contribution is 6.10. The van der Waals surface area contributed by atoms with E-state index in [4.69, 9.17) is 0 Å². The third-order valence-corrected chi connectivity index (χ3v) is 5.72. The van der Waals surface area contributed by atoms with Crippen LogP contribution in [-0.4, -0.2) is 22.8 Å². The highest BCUT2D eigenvalue weighted by Gasteiger charge is 2.32. The third-order valence-electron chi connectivity index (χ3n) is 5.72. The zero-order valence-corrected chi connectivity index (χ0v) is 15.2.